The predicted molar refractivity (Wildman–Crippen MR) is 74.5 cm³/mol. The van der Waals surface area contributed by atoms with Crippen molar-refractivity contribution < 1.29 is 9.53 Å². The van der Waals surface area contributed by atoms with Crippen LogP contribution in [0.1, 0.15) is 44.9 Å². The molecule has 0 radical (unpaired) electrons. The van der Waals surface area contributed by atoms with E-state index in [0.717, 1.165) is 43.4 Å². The summed E-state index contributed by atoms with van der Waals surface area (Å²) in [6, 6.07) is 0. The van der Waals surface area contributed by atoms with Gasteiger partial charge in [-0.2, -0.15) is 0 Å². The largest absolute Gasteiger partial charge is 0.455 e. The van der Waals surface area contributed by atoms with Crippen molar-refractivity contribution in [1.29, 1.82) is 0 Å². The summed E-state index contributed by atoms with van der Waals surface area (Å²) < 4.78 is 5.83. The van der Waals surface area contributed by atoms with Gasteiger partial charge in [0.2, 0.25) is 0 Å². The van der Waals surface area contributed by atoms with Crippen LogP contribution in [0.15, 0.2) is 30.5 Å². The van der Waals surface area contributed by atoms with E-state index in [1.165, 1.54) is 25.3 Å². The fourth-order valence-electron chi connectivity index (χ4n) is 4.68. The molecule has 102 valence electrons. The van der Waals surface area contributed by atoms with E-state index in [-0.39, 0.29) is 11.6 Å². The third kappa shape index (κ3) is 2.69. The Morgan fingerprint density at radius 3 is 2.32 bits per heavy atom. The van der Waals surface area contributed by atoms with E-state index in [4.69, 9.17) is 4.74 Å². The molecule has 4 fully saturated rings. The van der Waals surface area contributed by atoms with Crippen LogP contribution in [0.3, 0.4) is 0 Å². The average molecular weight is 258 g/mol. The van der Waals surface area contributed by atoms with Gasteiger partial charge in [-0.3, -0.25) is 0 Å². The van der Waals surface area contributed by atoms with Gasteiger partial charge in [-0.05, 0) is 68.8 Å². The minimum atomic E-state index is -0.220. The summed E-state index contributed by atoms with van der Waals surface area (Å²) >= 11 is 0. The number of rotatable bonds is 4. The fourth-order valence-corrected chi connectivity index (χ4v) is 4.68. The Morgan fingerprint density at radius 1 is 1.21 bits per heavy atom. The summed E-state index contributed by atoms with van der Waals surface area (Å²) in [6.45, 7) is 3.62. The van der Waals surface area contributed by atoms with Crippen molar-refractivity contribution >= 4 is 5.97 Å². The second kappa shape index (κ2) is 5.02. The zero-order valence-corrected chi connectivity index (χ0v) is 11.4. The SMILES string of the molecule is C=CCC=C=CC(=O)OC12CC3CC(CC(C3)C1)C2. The van der Waals surface area contributed by atoms with Crippen LogP contribution in [-0.4, -0.2) is 11.6 Å². The second-order valence-corrected chi connectivity index (χ2v) is 6.56. The lowest BCUT2D eigenvalue weighted by atomic mass is 9.54. The molecule has 4 bridgehead atoms. The van der Waals surface area contributed by atoms with Crippen LogP contribution >= 0.6 is 0 Å². The molecule has 2 heteroatoms. The molecule has 0 aromatic heterocycles. The van der Waals surface area contributed by atoms with Crippen molar-refractivity contribution in [3.63, 3.8) is 0 Å². The summed E-state index contributed by atoms with van der Waals surface area (Å²) in [6.07, 6.45) is 13.1. The Labute approximate surface area is 115 Å². The van der Waals surface area contributed by atoms with Crippen LogP contribution in [0.5, 0.6) is 0 Å². The smallest absolute Gasteiger partial charge is 0.339 e. The number of esters is 1. The van der Waals surface area contributed by atoms with Crippen LogP contribution in [0.4, 0.5) is 0 Å². The number of carbonyl (C=O) groups excluding carboxylic acids is 1. The molecule has 4 aliphatic rings. The average Bonchev–Trinajstić information content (AvgIpc) is 2.32. The molecule has 0 saturated heterocycles. The third-order valence-corrected chi connectivity index (χ3v) is 4.90. The summed E-state index contributed by atoms with van der Waals surface area (Å²) in [5.74, 6) is 2.19. The number of allylic oxidation sites excluding steroid dienone is 1. The van der Waals surface area contributed by atoms with Gasteiger partial charge in [-0.15, -0.1) is 12.3 Å². The Kier molecular flexibility index (Phi) is 3.36. The van der Waals surface area contributed by atoms with Crippen LogP contribution in [0.2, 0.25) is 0 Å². The second-order valence-electron chi connectivity index (χ2n) is 6.56. The third-order valence-electron chi connectivity index (χ3n) is 4.90. The molecule has 19 heavy (non-hydrogen) atoms. The molecule has 0 spiro atoms. The van der Waals surface area contributed by atoms with Crippen molar-refractivity contribution in [2.75, 3.05) is 0 Å². The van der Waals surface area contributed by atoms with Gasteiger partial charge in [0.05, 0.1) is 6.08 Å². The summed E-state index contributed by atoms with van der Waals surface area (Å²) in [5, 5.41) is 0. The maximum atomic E-state index is 11.9. The van der Waals surface area contributed by atoms with Crippen molar-refractivity contribution in [3.8, 4) is 0 Å². The summed E-state index contributed by atoms with van der Waals surface area (Å²) in [7, 11) is 0. The monoisotopic (exact) mass is 258 g/mol. The molecule has 0 N–H and O–H groups in total. The van der Waals surface area contributed by atoms with E-state index in [1.807, 2.05) is 0 Å². The molecule has 0 atom stereocenters. The molecule has 0 aromatic carbocycles. The van der Waals surface area contributed by atoms with E-state index in [2.05, 4.69) is 12.3 Å². The van der Waals surface area contributed by atoms with Gasteiger partial charge in [0.1, 0.15) is 5.60 Å². The highest BCUT2D eigenvalue weighted by Crippen LogP contribution is 2.57. The number of hydrogen-bond acceptors (Lipinski definition) is 2. The Morgan fingerprint density at radius 2 is 1.79 bits per heavy atom. The molecule has 0 aromatic rings. The van der Waals surface area contributed by atoms with Crippen molar-refractivity contribution in [2.24, 2.45) is 17.8 Å². The van der Waals surface area contributed by atoms with E-state index in [9.17, 15) is 4.79 Å². The topological polar surface area (TPSA) is 26.3 Å². The Hall–Kier alpha value is -1.27. The predicted octanol–water partition coefficient (Wildman–Crippen LogP) is 3.79. The molecule has 4 aliphatic carbocycles. The molecule has 0 heterocycles. The molecule has 0 aliphatic heterocycles. The molecule has 0 unspecified atom stereocenters. The van der Waals surface area contributed by atoms with Crippen molar-refractivity contribution in [3.05, 3.63) is 30.5 Å². The normalized spacial score (nSPS) is 38.4. The van der Waals surface area contributed by atoms with Crippen LogP contribution in [0.25, 0.3) is 0 Å². The lowest BCUT2D eigenvalue weighted by Gasteiger charge is -2.55. The lowest BCUT2D eigenvalue weighted by Crippen LogP contribution is -2.52. The number of carbonyl (C=O) groups is 1. The maximum Gasteiger partial charge on any atom is 0.339 e. The molecule has 4 rings (SSSR count). The van der Waals surface area contributed by atoms with Crippen molar-refractivity contribution in [1.82, 2.24) is 0 Å². The first-order chi connectivity index (χ1) is 9.19. The zero-order valence-electron chi connectivity index (χ0n) is 11.4. The van der Waals surface area contributed by atoms with Gasteiger partial charge in [-0.25, -0.2) is 4.79 Å². The van der Waals surface area contributed by atoms with E-state index < -0.39 is 0 Å². The Bertz CT molecular complexity index is 405. The van der Waals surface area contributed by atoms with Crippen LogP contribution in [-0.2, 0) is 9.53 Å². The van der Waals surface area contributed by atoms with Gasteiger partial charge >= 0.3 is 5.97 Å². The molecule has 2 nitrogen and oxygen atoms in total. The number of hydrogen-bond donors (Lipinski definition) is 0. The fraction of sp³-hybridized carbons (Fsp3) is 0.647. The first-order valence-electron chi connectivity index (χ1n) is 7.44. The number of ether oxygens (including phenoxy) is 1. The van der Waals surface area contributed by atoms with Gasteiger partial charge in [0, 0.05) is 0 Å². The molecular formula is C17H22O2. The van der Waals surface area contributed by atoms with Crippen LogP contribution in [0, 0.1) is 17.8 Å². The van der Waals surface area contributed by atoms with Crippen LogP contribution < -0.4 is 0 Å². The first kappa shape index (κ1) is 12.7. The highest BCUT2D eigenvalue weighted by molar-refractivity contribution is 5.82. The van der Waals surface area contributed by atoms with Gasteiger partial charge in [-0.1, -0.05) is 6.08 Å². The van der Waals surface area contributed by atoms with E-state index >= 15 is 0 Å². The van der Waals surface area contributed by atoms with E-state index in [0.29, 0.717) is 0 Å². The highest BCUT2D eigenvalue weighted by atomic mass is 16.6. The minimum absolute atomic E-state index is 0.136. The molecular weight excluding hydrogens is 236 g/mol. The van der Waals surface area contributed by atoms with Gasteiger partial charge < -0.3 is 4.74 Å². The summed E-state index contributed by atoms with van der Waals surface area (Å²) in [4.78, 5) is 11.9. The van der Waals surface area contributed by atoms with Crippen molar-refractivity contribution in [2.45, 2.75) is 50.5 Å². The highest BCUT2D eigenvalue weighted by Gasteiger charge is 2.53. The molecule has 0 amide bonds. The quantitative estimate of drug-likeness (QED) is 0.332. The zero-order chi connectivity index (χ0) is 13.3. The van der Waals surface area contributed by atoms with E-state index in [1.54, 1.807) is 12.2 Å². The standard InChI is InChI=1S/C17H22O2/c1-2-3-4-5-6-16(18)19-17-10-13-7-14(11-17)9-15(8-13)12-17/h2,4,6,13-15H,1,3,7-12H2. The van der Waals surface area contributed by atoms with Gasteiger partial charge in [0.25, 0.3) is 0 Å². The first-order valence-corrected chi connectivity index (χ1v) is 7.44. The maximum absolute atomic E-state index is 11.9. The summed E-state index contributed by atoms with van der Waals surface area (Å²) in [5.41, 5.74) is 2.74. The lowest BCUT2D eigenvalue weighted by molar-refractivity contribution is -0.181. The van der Waals surface area contributed by atoms with Gasteiger partial charge in [0.15, 0.2) is 0 Å². The minimum Gasteiger partial charge on any atom is -0.455 e. The Balaban J connectivity index is 1.64. The molecule has 4 saturated carbocycles.